The highest BCUT2D eigenvalue weighted by molar-refractivity contribution is 7.91. The van der Waals surface area contributed by atoms with E-state index < -0.39 is 10.0 Å². The fraction of sp³-hybridized carbons (Fsp3) is 0.727. The highest BCUT2D eigenvalue weighted by Gasteiger charge is 2.27. The van der Waals surface area contributed by atoms with Crippen molar-refractivity contribution in [1.29, 1.82) is 0 Å². The maximum Gasteiger partial charge on any atom is 0.283 e. The number of nitrogens with one attached hydrogen (secondary N) is 1. The number of sulfonamides is 1. The molecule has 0 bridgehead atoms. The summed E-state index contributed by atoms with van der Waals surface area (Å²) < 4.78 is 36.0. The smallest absolute Gasteiger partial charge is 0.283 e. The van der Waals surface area contributed by atoms with Gasteiger partial charge >= 0.3 is 0 Å². The Kier molecular flexibility index (Phi) is 8.64. The molecule has 0 amide bonds. The number of hydrogen-bond acceptors (Lipinski definition) is 7. The molecule has 0 radical (unpaired) electrons. The van der Waals surface area contributed by atoms with Gasteiger partial charge < -0.3 is 9.47 Å². The van der Waals surface area contributed by atoms with Gasteiger partial charge in [-0.3, -0.25) is 0 Å². The molecular formula is C11H20ClN3O4S2. The molecule has 0 aliphatic carbocycles. The van der Waals surface area contributed by atoms with E-state index in [0.29, 0.717) is 39.1 Å². The summed E-state index contributed by atoms with van der Waals surface area (Å²) in [6.45, 7) is 1.81. The van der Waals surface area contributed by atoms with Crippen LogP contribution in [0.25, 0.3) is 0 Å². The second kappa shape index (κ2) is 9.67. The number of hydrazine groups is 1. The van der Waals surface area contributed by atoms with Crippen molar-refractivity contribution < 1.29 is 17.9 Å². The van der Waals surface area contributed by atoms with Gasteiger partial charge in [-0.05, 0) is 12.8 Å². The van der Waals surface area contributed by atoms with E-state index in [9.17, 15) is 8.42 Å². The molecule has 1 rings (SSSR count). The van der Waals surface area contributed by atoms with Crippen LogP contribution in [0.4, 0.5) is 0 Å². The first kappa shape index (κ1) is 18.8. The average molecular weight is 358 g/mol. The van der Waals surface area contributed by atoms with Gasteiger partial charge in [0.1, 0.15) is 5.15 Å². The van der Waals surface area contributed by atoms with Crippen LogP contribution in [0.2, 0.25) is 5.15 Å². The number of thiazole rings is 1. The van der Waals surface area contributed by atoms with E-state index in [4.69, 9.17) is 21.1 Å². The molecule has 21 heavy (non-hydrogen) atoms. The van der Waals surface area contributed by atoms with Gasteiger partial charge in [0.25, 0.3) is 10.0 Å². The summed E-state index contributed by atoms with van der Waals surface area (Å²) in [5.74, 6) is 0. The molecule has 0 unspecified atom stereocenters. The minimum absolute atomic E-state index is 0.0239. The highest BCUT2D eigenvalue weighted by Crippen LogP contribution is 2.21. The van der Waals surface area contributed by atoms with Crippen molar-refractivity contribution in [3.8, 4) is 0 Å². The predicted octanol–water partition coefficient (Wildman–Crippen LogP) is 1.36. The Bertz CT molecular complexity index is 509. The van der Waals surface area contributed by atoms with Crippen molar-refractivity contribution >= 4 is 33.0 Å². The topological polar surface area (TPSA) is 80.8 Å². The second-order valence-electron chi connectivity index (χ2n) is 4.11. The number of halogens is 1. The molecule has 0 saturated carbocycles. The van der Waals surface area contributed by atoms with E-state index in [1.807, 2.05) is 0 Å². The van der Waals surface area contributed by atoms with E-state index in [-0.39, 0.29) is 9.49 Å². The lowest BCUT2D eigenvalue weighted by Crippen LogP contribution is -2.44. The van der Waals surface area contributed by atoms with Crippen molar-refractivity contribution in [2.24, 2.45) is 0 Å². The third-order valence-electron chi connectivity index (χ3n) is 2.49. The largest absolute Gasteiger partial charge is 0.385 e. The van der Waals surface area contributed by atoms with Crippen molar-refractivity contribution in [3.63, 3.8) is 0 Å². The van der Waals surface area contributed by atoms with Crippen LogP contribution in [-0.2, 0) is 19.5 Å². The molecule has 0 saturated heterocycles. The van der Waals surface area contributed by atoms with Crippen LogP contribution in [-0.4, -0.2) is 58.3 Å². The van der Waals surface area contributed by atoms with Crippen molar-refractivity contribution in [3.05, 3.63) is 10.5 Å². The van der Waals surface area contributed by atoms with Gasteiger partial charge in [0.2, 0.25) is 4.34 Å². The monoisotopic (exact) mass is 357 g/mol. The standard InChI is InChI=1S/C11H20ClN3O4S2/c1-18-7-3-5-13-15(6-4-8-19-2)21(16,17)11-14-10(12)9-20-11/h9,13H,3-8H2,1-2H3. The van der Waals surface area contributed by atoms with Crippen LogP contribution in [0, 0.1) is 0 Å². The summed E-state index contributed by atoms with van der Waals surface area (Å²) in [5.41, 5.74) is 2.89. The number of ether oxygens (including phenoxy) is 2. The fourth-order valence-electron chi connectivity index (χ4n) is 1.51. The molecule has 1 N–H and O–H groups in total. The molecule has 0 aliphatic heterocycles. The molecule has 1 aromatic heterocycles. The first-order valence-electron chi connectivity index (χ1n) is 6.37. The minimum Gasteiger partial charge on any atom is -0.385 e. The lowest BCUT2D eigenvalue weighted by molar-refractivity contribution is 0.172. The van der Waals surface area contributed by atoms with Crippen LogP contribution in [0.5, 0.6) is 0 Å². The highest BCUT2D eigenvalue weighted by atomic mass is 35.5. The maximum absolute atomic E-state index is 12.5. The Morgan fingerprint density at radius 2 is 2.00 bits per heavy atom. The van der Waals surface area contributed by atoms with Gasteiger partial charge in [-0.2, -0.15) is 0 Å². The zero-order valence-electron chi connectivity index (χ0n) is 12.0. The van der Waals surface area contributed by atoms with Gasteiger partial charge in [-0.25, -0.2) is 18.8 Å². The quantitative estimate of drug-likeness (QED) is 0.476. The van der Waals surface area contributed by atoms with E-state index >= 15 is 0 Å². The number of aromatic nitrogens is 1. The van der Waals surface area contributed by atoms with Crippen LogP contribution >= 0.6 is 22.9 Å². The zero-order chi connectivity index (χ0) is 15.7. The molecule has 122 valence electrons. The summed E-state index contributed by atoms with van der Waals surface area (Å²) in [6, 6.07) is 0. The number of rotatable bonds is 11. The molecule has 1 heterocycles. The van der Waals surface area contributed by atoms with Crippen molar-refractivity contribution in [1.82, 2.24) is 14.8 Å². The van der Waals surface area contributed by atoms with Gasteiger partial charge in [-0.15, -0.1) is 15.8 Å². The first-order chi connectivity index (χ1) is 10.0. The van der Waals surface area contributed by atoms with Crippen LogP contribution in [0.3, 0.4) is 0 Å². The number of methoxy groups -OCH3 is 2. The SMILES string of the molecule is COCCCNN(CCCOC)S(=O)(=O)c1nc(Cl)cs1. The number of nitrogens with zero attached hydrogens (tertiary/aromatic N) is 2. The van der Waals surface area contributed by atoms with Crippen LogP contribution in [0.15, 0.2) is 9.72 Å². The van der Waals surface area contributed by atoms with E-state index in [1.54, 1.807) is 14.2 Å². The van der Waals surface area contributed by atoms with E-state index in [1.165, 1.54) is 9.79 Å². The molecular weight excluding hydrogens is 338 g/mol. The van der Waals surface area contributed by atoms with Crippen LogP contribution in [0.1, 0.15) is 12.8 Å². The Balaban J connectivity index is 2.73. The summed E-state index contributed by atoms with van der Waals surface area (Å²) in [5, 5.41) is 1.67. The first-order valence-corrected chi connectivity index (χ1v) is 9.07. The molecule has 0 atom stereocenters. The fourth-order valence-corrected chi connectivity index (χ4v) is 4.16. The molecule has 0 spiro atoms. The van der Waals surface area contributed by atoms with Crippen molar-refractivity contribution in [2.75, 3.05) is 40.5 Å². The Hall–Kier alpha value is -0.290. The molecule has 10 heteroatoms. The second-order valence-corrected chi connectivity index (χ2v) is 7.40. The summed E-state index contributed by atoms with van der Waals surface area (Å²) in [7, 11) is -0.522. The van der Waals surface area contributed by atoms with Gasteiger partial charge in [0, 0.05) is 45.9 Å². The minimum atomic E-state index is -3.70. The molecule has 7 nitrogen and oxygen atoms in total. The molecule has 0 aliphatic rings. The maximum atomic E-state index is 12.5. The normalized spacial score (nSPS) is 12.2. The molecule has 1 aromatic rings. The van der Waals surface area contributed by atoms with Gasteiger partial charge in [0.05, 0.1) is 0 Å². The van der Waals surface area contributed by atoms with E-state index in [2.05, 4.69) is 10.4 Å². The van der Waals surface area contributed by atoms with E-state index in [0.717, 1.165) is 11.3 Å². The Labute approximate surface area is 134 Å². The van der Waals surface area contributed by atoms with Gasteiger partial charge in [-0.1, -0.05) is 11.6 Å². The number of hydrogen-bond donors (Lipinski definition) is 1. The summed E-state index contributed by atoms with van der Waals surface area (Å²) in [4.78, 5) is 3.83. The lowest BCUT2D eigenvalue weighted by atomic mass is 10.4. The molecule has 0 fully saturated rings. The lowest BCUT2D eigenvalue weighted by Gasteiger charge is -2.21. The summed E-state index contributed by atoms with van der Waals surface area (Å²) in [6.07, 6.45) is 1.28. The third kappa shape index (κ3) is 6.15. The zero-order valence-corrected chi connectivity index (χ0v) is 14.4. The Morgan fingerprint density at radius 3 is 2.57 bits per heavy atom. The molecule has 0 aromatic carbocycles. The van der Waals surface area contributed by atoms with Crippen molar-refractivity contribution in [2.45, 2.75) is 17.2 Å². The summed E-state index contributed by atoms with van der Waals surface area (Å²) >= 11 is 6.70. The predicted molar refractivity (Wildman–Crippen MR) is 82.0 cm³/mol. The third-order valence-corrected chi connectivity index (χ3v) is 5.79. The Morgan fingerprint density at radius 1 is 1.33 bits per heavy atom. The van der Waals surface area contributed by atoms with Crippen LogP contribution < -0.4 is 5.43 Å². The average Bonchev–Trinajstić information content (AvgIpc) is 2.89. The van der Waals surface area contributed by atoms with Gasteiger partial charge in [0.15, 0.2) is 0 Å².